The fourth-order valence-electron chi connectivity index (χ4n) is 8.36. The van der Waals surface area contributed by atoms with E-state index in [1.54, 1.807) is 0 Å². The van der Waals surface area contributed by atoms with Gasteiger partial charge in [-0.2, -0.15) is 0 Å². The minimum atomic E-state index is 0.884. The van der Waals surface area contributed by atoms with Crippen LogP contribution in [0.3, 0.4) is 0 Å². The number of unbranched alkanes of at least 4 members (excludes halogenated alkanes) is 10. The zero-order chi connectivity index (χ0) is 33.6. The molecule has 0 aliphatic carbocycles. The van der Waals surface area contributed by atoms with Gasteiger partial charge in [-0.3, -0.25) is 9.97 Å². The molecule has 50 heavy (non-hydrogen) atoms. The lowest BCUT2D eigenvalue weighted by Gasteiger charge is -2.14. The standard InChI is InChI=1S/C42H44N6S2/c1-3-5-7-9-11-13-23-47-29-19-25-49-41(29)31-37-38(46-36-28-18-16-22-44-34(28)33-27(35(36)45-37)17-15-21-43-33)32-40(39(31)47)48(30-20-26-50-42(30)32)24-14-12-10-8-6-4-2/h15-22,25-26H,3-14,23-24H2,1-2H3. The van der Waals surface area contributed by atoms with Crippen molar-refractivity contribution in [2.75, 3.05) is 0 Å². The fraction of sp³-hybridized carbons (Fsp3) is 0.381. The Kier molecular flexibility index (Phi) is 8.61. The van der Waals surface area contributed by atoms with Crippen LogP contribution in [-0.4, -0.2) is 29.1 Å². The maximum atomic E-state index is 5.67. The molecule has 0 aliphatic rings. The van der Waals surface area contributed by atoms with Crippen LogP contribution in [0.2, 0.25) is 0 Å². The summed E-state index contributed by atoms with van der Waals surface area (Å²) in [4.78, 5) is 21.0. The molecule has 8 heteroatoms. The average Bonchev–Trinajstić information content (AvgIpc) is 3.94. The summed E-state index contributed by atoms with van der Waals surface area (Å²) in [5.74, 6) is 0. The Morgan fingerprint density at radius 3 is 1.40 bits per heavy atom. The number of hydrogen-bond acceptors (Lipinski definition) is 6. The van der Waals surface area contributed by atoms with Gasteiger partial charge in [-0.25, -0.2) is 9.97 Å². The van der Waals surface area contributed by atoms with E-state index in [-0.39, 0.29) is 0 Å². The zero-order valence-corrected chi connectivity index (χ0v) is 30.8. The van der Waals surface area contributed by atoms with E-state index in [9.17, 15) is 0 Å². The lowest BCUT2D eigenvalue weighted by molar-refractivity contribution is 0.567. The first-order valence-electron chi connectivity index (χ1n) is 18.8. The molecule has 0 atom stereocenters. The van der Waals surface area contributed by atoms with E-state index in [1.807, 2.05) is 47.2 Å². The number of aromatic nitrogens is 6. The normalized spacial score (nSPS) is 12.5. The molecule has 9 rings (SSSR count). The number of aryl methyl sites for hydroxylation is 2. The second-order valence-electron chi connectivity index (χ2n) is 14.0. The van der Waals surface area contributed by atoms with E-state index in [4.69, 9.17) is 19.9 Å². The van der Waals surface area contributed by atoms with Crippen LogP contribution < -0.4 is 0 Å². The molecule has 0 bridgehead atoms. The van der Waals surface area contributed by atoms with Crippen LogP contribution in [0.5, 0.6) is 0 Å². The van der Waals surface area contributed by atoms with Gasteiger partial charge in [-0.15, -0.1) is 22.7 Å². The van der Waals surface area contributed by atoms with Gasteiger partial charge < -0.3 is 9.13 Å². The minimum absolute atomic E-state index is 0.884. The lowest BCUT2D eigenvalue weighted by atomic mass is 10.1. The molecule has 0 saturated carbocycles. The second kappa shape index (κ2) is 13.5. The highest BCUT2D eigenvalue weighted by Gasteiger charge is 2.27. The van der Waals surface area contributed by atoms with E-state index in [0.29, 0.717) is 0 Å². The quantitative estimate of drug-likeness (QED) is 0.0645. The first kappa shape index (κ1) is 31.8. The van der Waals surface area contributed by atoms with Crippen LogP contribution in [0.4, 0.5) is 0 Å². The summed E-state index contributed by atoms with van der Waals surface area (Å²) in [6.45, 7) is 6.63. The van der Waals surface area contributed by atoms with Crippen molar-refractivity contribution in [3.8, 4) is 0 Å². The van der Waals surface area contributed by atoms with Gasteiger partial charge in [0, 0.05) is 47.0 Å². The number of nitrogens with zero attached hydrogens (tertiary/aromatic N) is 6. The van der Waals surface area contributed by atoms with E-state index in [2.05, 4.69) is 58.0 Å². The molecule has 7 aromatic heterocycles. The number of pyridine rings is 2. The smallest absolute Gasteiger partial charge is 0.101 e. The van der Waals surface area contributed by atoms with Crippen molar-refractivity contribution >= 4 is 109 Å². The molecule has 0 unspecified atom stereocenters. The molecular weight excluding hydrogens is 653 g/mol. The molecule has 0 radical (unpaired) electrons. The third-order valence-electron chi connectivity index (χ3n) is 10.8. The van der Waals surface area contributed by atoms with Gasteiger partial charge >= 0.3 is 0 Å². The SMILES string of the molecule is CCCCCCCCn1c2ccsc2c2c3nc4c5cccnc5c5ncccc5c4nc3c3c4sccc4n(CCCCCCCC)c3c21. The Morgan fingerprint density at radius 2 is 0.940 bits per heavy atom. The highest BCUT2D eigenvalue weighted by molar-refractivity contribution is 7.19. The van der Waals surface area contributed by atoms with E-state index in [0.717, 1.165) is 57.0 Å². The van der Waals surface area contributed by atoms with E-state index < -0.39 is 0 Å². The maximum Gasteiger partial charge on any atom is 0.101 e. The Hall–Kier alpha value is -4.14. The first-order chi connectivity index (χ1) is 24.8. The third-order valence-corrected chi connectivity index (χ3v) is 12.6. The van der Waals surface area contributed by atoms with Crippen LogP contribution in [0.15, 0.2) is 59.6 Å². The van der Waals surface area contributed by atoms with Gasteiger partial charge in [0.2, 0.25) is 0 Å². The van der Waals surface area contributed by atoms with Crippen LogP contribution in [0, 0.1) is 0 Å². The van der Waals surface area contributed by atoms with Gasteiger partial charge in [-0.1, -0.05) is 78.1 Å². The monoisotopic (exact) mass is 696 g/mol. The highest BCUT2D eigenvalue weighted by atomic mass is 32.1. The second-order valence-corrected chi connectivity index (χ2v) is 15.8. The van der Waals surface area contributed by atoms with Gasteiger partial charge in [0.25, 0.3) is 0 Å². The number of benzene rings is 2. The molecule has 254 valence electrons. The van der Waals surface area contributed by atoms with Gasteiger partial charge in [0.05, 0.1) is 53.5 Å². The molecular formula is C42H44N6S2. The number of rotatable bonds is 14. The van der Waals surface area contributed by atoms with Crippen LogP contribution >= 0.6 is 22.7 Å². The van der Waals surface area contributed by atoms with E-state index in [1.165, 1.54) is 119 Å². The van der Waals surface area contributed by atoms with E-state index >= 15 is 0 Å². The summed E-state index contributed by atoms with van der Waals surface area (Å²) in [6, 6.07) is 13.0. The Labute approximate surface area is 300 Å². The lowest BCUT2D eigenvalue weighted by Crippen LogP contribution is -2.03. The zero-order valence-electron chi connectivity index (χ0n) is 29.2. The minimum Gasteiger partial charge on any atom is -0.338 e. The summed E-state index contributed by atoms with van der Waals surface area (Å²) in [7, 11) is 0. The Bertz CT molecular complexity index is 2470. The fourth-order valence-corrected chi connectivity index (χ4v) is 10.2. The van der Waals surface area contributed by atoms with Crippen molar-refractivity contribution in [3.63, 3.8) is 0 Å². The van der Waals surface area contributed by atoms with Gasteiger partial charge in [-0.05, 0) is 60.0 Å². The molecule has 0 amide bonds. The number of hydrogen-bond donors (Lipinski definition) is 0. The predicted octanol–water partition coefficient (Wildman–Crippen LogP) is 12.9. The molecule has 0 N–H and O–H groups in total. The highest BCUT2D eigenvalue weighted by Crippen LogP contribution is 2.47. The molecule has 9 aromatic rings. The molecule has 0 aliphatic heterocycles. The summed E-state index contributed by atoms with van der Waals surface area (Å²) in [5.41, 5.74) is 10.9. The average molecular weight is 697 g/mol. The predicted molar refractivity (Wildman–Crippen MR) is 216 cm³/mol. The first-order valence-corrected chi connectivity index (χ1v) is 20.6. The summed E-state index contributed by atoms with van der Waals surface area (Å²) >= 11 is 3.70. The van der Waals surface area contributed by atoms with Crippen molar-refractivity contribution in [1.29, 1.82) is 0 Å². The van der Waals surface area contributed by atoms with Crippen molar-refractivity contribution in [3.05, 3.63) is 59.6 Å². The van der Waals surface area contributed by atoms with Crippen LogP contribution in [-0.2, 0) is 13.1 Å². The van der Waals surface area contributed by atoms with Crippen molar-refractivity contribution in [2.24, 2.45) is 0 Å². The molecule has 6 nitrogen and oxygen atoms in total. The number of thiophene rings is 2. The summed E-state index contributed by atoms with van der Waals surface area (Å²) in [6.07, 6.45) is 19.1. The Balaban J connectivity index is 1.36. The number of fused-ring (bicyclic) bond motifs is 16. The molecule has 0 saturated heterocycles. The van der Waals surface area contributed by atoms with Crippen molar-refractivity contribution < 1.29 is 0 Å². The third kappa shape index (κ3) is 5.09. The van der Waals surface area contributed by atoms with Gasteiger partial charge in [0.1, 0.15) is 11.0 Å². The summed E-state index contributed by atoms with van der Waals surface area (Å²) < 4.78 is 7.96. The molecule has 7 heterocycles. The maximum absolute atomic E-state index is 5.67. The van der Waals surface area contributed by atoms with Crippen LogP contribution in [0.25, 0.3) is 86.1 Å². The van der Waals surface area contributed by atoms with Gasteiger partial charge in [0.15, 0.2) is 0 Å². The molecule has 2 aromatic carbocycles. The topological polar surface area (TPSA) is 61.4 Å². The molecule has 0 spiro atoms. The van der Waals surface area contributed by atoms with Crippen molar-refractivity contribution in [2.45, 2.75) is 104 Å². The largest absolute Gasteiger partial charge is 0.338 e. The molecule has 0 fully saturated rings. The van der Waals surface area contributed by atoms with Crippen LogP contribution in [0.1, 0.15) is 90.9 Å². The summed E-state index contributed by atoms with van der Waals surface area (Å²) in [5, 5.41) is 9.06. The van der Waals surface area contributed by atoms with Crippen molar-refractivity contribution in [1.82, 2.24) is 29.1 Å². The Morgan fingerprint density at radius 1 is 0.500 bits per heavy atom.